The van der Waals surface area contributed by atoms with Crippen molar-refractivity contribution in [1.29, 1.82) is 0 Å². The largest absolute Gasteiger partial charge is 0.368 e. The van der Waals surface area contributed by atoms with Crippen LogP contribution in [0.15, 0.2) is 42.5 Å². The molecule has 1 aromatic heterocycles. The number of nitrogens with two attached hydrogens (primary N) is 1. The summed E-state index contributed by atoms with van der Waals surface area (Å²) in [4.78, 5) is 26.5. The van der Waals surface area contributed by atoms with Crippen LogP contribution in [0.4, 0.5) is 0 Å². The molecule has 4 nitrogen and oxygen atoms in total. The van der Waals surface area contributed by atoms with Crippen LogP contribution in [0.2, 0.25) is 0 Å². The van der Waals surface area contributed by atoms with E-state index in [9.17, 15) is 9.59 Å². The molecule has 1 heterocycles. The van der Waals surface area contributed by atoms with Crippen molar-refractivity contribution in [2.75, 3.05) is 0 Å². The van der Waals surface area contributed by atoms with E-state index in [2.05, 4.69) is 24.4 Å². The molecule has 3 unspecified atom stereocenters. The summed E-state index contributed by atoms with van der Waals surface area (Å²) >= 11 is 1.74. The predicted octanol–water partition coefficient (Wildman–Crippen LogP) is 2.37. The molecule has 1 saturated carbocycles. The average Bonchev–Trinajstić information content (AvgIpc) is 3.22. The molecule has 5 heteroatoms. The number of nitrogens with one attached hydrogen (secondary N) is 1. The van der Waals surface area contributed by atoms with Crippen molar-refractivity contribution in [3.05, 3.63) is 57.8 Å². The quantitative estimate of drug-likeness (QED) is 0.854. The summed E-state index contributed by atoms with van der Waals surface area (Å²) in [7, 11) is 0. The van der Waals surface area contributed by atoms with Crippen LogP contribution < -0.4 is 11.1 Å². The van der Waals surface area contributed by atoms with E-state index in [0.29, 0.717) is 12.3 Å². The Balaban J connectivity index is 1.60. The highest BCUT2D eigenvalue weighted by molar-refractivity contribution is 7.12. The Morgan fingerprint density at radius 2 is 2.00 bits per heavy atom. The summed E-state index contributed by atoms with van der Waals surface area (Å²) in [5, 5.41) is 2.82. The maximum absolute atomic E-state index is 12.4. The lowest BCUT2D eigenvalue weighted by molar-refractivity contribution is -0.128. The smallest absolute Gasteiger partial charge is 0.240 e. The van der Waals surface area contributed by atoms with E-state index >= 15 is 0 Å². The number of benzene rings is 1. The van der Waals surface area contributed by atoms with Gasteiger partial charge in [0.2, 0.25) is 11.8 Å². The molecule has 1 aliphatic carbocycles. The number of carbonyl (C=O) groups is 2. The van der Waals surface area contributed by atoms with Crippen LogP contribution in [0, 0.1) is 12.8 Å². The van der Waals surface area contributed by atoms with E-state index in [1.54, 1.807) is 11.3 Å². The Bertz CT molecular complexity index is 711. The van der Waals surface area contributed by atoms with Crippen LogP contribution in [-0.4, -0.2) is 17.9 Å². The first kappa shape index (κ1) is 15.7. The third-order valence-electron chi connectivity index (χ3n) is 4.20. The molecule has 1 aliphatic rings. The molecule has 1 fully saturated rings. The summed E-state index contributed by atoms with van der Waals surface area (Å²) in [6.45, 7) is 2.06. The van der Waals surface area contributed by atoms with Gasteiger partial charge < -0.3 is 11.1 Å². The number of primary amides is 1. The van der Waals surface area contributed by atoms with Crippen LogP contribution in [0.5, 0.6) is 0 Å². The van der Waals surface area contributed by atoms with Crippen LogP contribution in [0.3, 0.4) is 0 Å². The van der Waals surface area contributed by atoms with Crippen molar-refractivity contribution >= 4 is 23.2 Å². The van der Waals surface area contributed by atoms with Crippen LogP contribution in [-0.2, 0) is 16.0 Å². The number of amides is 2. The SMILES string of the molecule is Cc1ccc(C2CC2C(=O)NC(Cc2ccccc2)C(N)=O)s1. The predicted molar refractivity (Wildman–Crippen MR) is 91.2 cm³/mol. The molecule has 3 atom stereocenters. The minimum Gasteiger partial charge on any atom is -0.368 e. The molecule has 0 aliphatic heterocycles. The Kier molecular flexibility index (Phi) is 4.48. The van der Waals surface area contributed by atoms with Crippen molar-refractivity contribution in [3.63, 3.8) is 0 Å². The van der Waals surface area contributed by atoms with Gasteiger partial charge in [-0.15, -0.1) is 11.3 Å². The average molecular weight is 328 g/mol. The molecule has 1 aromatic carbocycles. The molecule has 0 radical (unpaired) electrons. The summed E-state index contributed by atoms with van der Waals surface area (Å²) in [5.41, 5.74) is 6.44. The summed E-state index contributed by atoms with van der Waals surface area (Å²) < 4.78 is 0. The second kappa shape index (κ2) is 6.54. The van der Waals surface area contributed by atoms with E-state index in [1.807, 2.05) is 30.3 Å². The Morgan fingerprint density at radius 1 is 1.26 bits per heavy atom. The van der Waals surface area contributed by atoms with Gasteiger partial charge in [0.05, 0.1) is 0 Å². The summed E-state index contributed by atoms with van der Waals surface area (Å²) in [6.07, 6.45) is 1.28. The van der Waals surface area contributed by atoms with Crippen LogP contribution in [0.25, 0.3) is 0 Å². The standard InChI is InChI=1S/C18H20N2O2S/c1-11-7-8-16(23-11)13-10-14(13)18(22)20-15(17(19)21)9-12-5-3-2-4-6-12/h2-8,13-15H,9-10H2,1H3,(H2,19,21)(H,20,22). The van der Waals surface area contributed by atoms with Crippen molar-refractivity contribution in [2.24, 2.45) is 11.7 Å². The van der Waals surface area contributed by atoms with E-state index in [1.165, 1.54) is 9.75 Å². The molecular weight excluding hydrogens is 308 g/mol. The molecule has 0 saturated heterocycles. The van der Waals surface area contributed by atoms with Gasteiger partial charge in [0.15, 0.2) is 0 Å². The van der Waals surface area contributed by atoms with Gasteiger partial charge in [0, 0.05) is 28.0 Å². The van der Waals surface area contributed by atoms with Crippen molar-refractivity contribution in [1.82, 2.24) is 5.32 Å². The fraction of sp³-hybridized carbons (Fsp3) is 0.333. The fourth-order valence-corrected chi connectivity index (χ4v) is 3.86. The molecule has 3 N–H and O–H groups in total. The lowest BCUT2D eigenvalue weighted by atomic mass is 10.1. The summed E-state index contributed by atoms with van der Waals surface area (Å²) in [5.74, 6) is -0.309. The highest BCUT2D eigenvalue weighted by Crippen LogP contribution is 2.49. The number of aryl methyl sites for hydroxylation is 1. The zero-order valence-corrected chi connectivity index (χ0v) is 13.8. The zero-order chi connectivity index (χ0) is 16.4. The third kappa shape index (κ3) is 3.79. The van der Waals surface area contributed by atoms with Crippen LogP contribution in [0.1, 0.15) is 27.7 Å². The zero-order valence-electron chi connectivity index (χ0n) is 13.0. The van der Waals surface area contributed by atoms with Gasteiger partial charge >= 0.3 is 0 Å². The summed E-state index contributed by atoms with van der Waals surface area (Å²) in [6, 6.07) is 13.1. The molecule has 120 valence electrons. The number of carbonyl (C=O) groups excluding carboxylic acids is 2. The first-order valence-corrected chi connectivity index (χ1v) is 8.56. The highest BCUT2D eigenvalue weighted by atomic mass is 32.1. The molecule has 23 heavy (non-hydrogen) atoms. The molecule has 0 spiro atoms. The van der Waals surface area contributed by atoms with E-state index < -0.39 is 11.9 Å². The van der Waals surface area contributed by atoms with E-state index in [4.69, 9.17) is 5.73 Å². The number of hydrogen-bond donors (Lipinski definition) is 2. The van der Waals surface area contributed by atoms with Crippen molar-refractivity contribution < 1.29 is 9.59 Å². The second-order valence-corrected chi connectivity index (χ2v) is 7.37. The second-order valence-electron chi connectivity index (χ2n) is 6.05. The van der Waals surface area contributed by atoms with Crippen LogP contribution >= 0.6 is 11.3 Å². The topological polar surface area (TPSA) is 72.2 Å². The van der Waals surface area contributed by atoms with Gasteiger partial charge in [0.25, 0.3) is 0 Å². The van der Waals surface area contributed by atoms with Gasteiger partial charge in [-0.3, -0.25) is 9.59 Å². The van der Waals surface area contributed by atoms with Gasteiger partial charge in [-0.05, 0) is 31.0 Å². The van der Waals surface area contributed by atoms with Crippen molar-refractivity contribution in [2.45, 2.75) is 31.7 Å². The minimum atomic E-state index is -0.656. The Labute approximate surface area is 139 Å². The minimum absolute atomic E-state index is 0.0364. The maximum atomic E-state index is 12.4. The van der Waals surface area contributed by atoms with Crippen molar-refractivity contribution in [3.8, 4) is 0 Å². The first-order chi connectivity index (χ1) is 11.0. The Morgan fingerprint density at radius 3 is 2.61 bits per heavy atom. The highest BCUT2D eigenvalue weighted by Gasteiger charge is 2.45. The maximum Gasteiger partial charge on any atom is 0.240 e. The molecule has 3 rings (SSSR count). The first-order valence-electron chi connectivity index (χ1n) is 7.74. The molecule has 2 amide bonds. The number of rotatable bonds is 6. The van der Waals surface area contributed by atoms with E-state index in [-0.39, 0.29) is 11.8 Å². The number of hydrogen-bond acceptors (Lipinski definition) is 3. The third-order valence-corrected chi connectivity index (χ3v) is 5.33. The van der Waals surface area contributed by atoms with Gasteiger partial charge in [-0.2, -0.15) is 0 Å². The Hall–Kier alpha value is -2.14. The van der Waals surface area contributed by atoms with Gasteiger partial charge in [0.1, 0.15) is 6.04 Å². The fourth-order valence-electron chi connectivity index (χ4n) is 2.80. The number of thiophene rings is 1. The normalized spacial score (nSPS) is 20.7. The lowest BCUT2D eigenvalue weighted by Gasteiger charge is -2.15. The van der Waals surface area contributed by atoms with Gasteiger partial charge in [-0.25, -0.2) is 0 Å². The molecular formula is C18H20N2O2S. The lowest BCUT2D eigenvalue weighted by Crippen LogP contribution is -2.46. The molecule has 0 bridgehead atoms. The van der Waals surface area contributed by atoms with Gasteiger partial charge in [-0.1, -0.05) is 30.3 Å². The van der Waals surface area contributed by atoms with E-state index in [0.717, 1.165) is 12.0 Å². The monoisotopic (exact) mass is 328 g/mol. The molecule has 2 aromatic rings.